The Morgan fingerprint density at radius 3 is 3.00 bits per heavy atom. The minimum Gasteiger partial charge on any atom is -0.371 e. The maximum absolute atomic E-state index is 6.37. The van der Waals surface area contributed by atoms with Crippen LogP contribution in [0, 0.1) is 5.92 Å². The number of fused-ring (bicyclic) bond motifs is 2. The fraction of sp³-hybridized carbons (Fsp3) is 0.400. The van der Waals surface area contributed by atoms with Crippen molar-refractivity contribution >= 4 is 40.3 Å². The summed E-state index contributed by atoms with van der Waals surface area (Å²) in [6, 6.07) is 10.4. The summed E-state index contributed by atoms with van der Waals surface area (Å²) in [5.41, 5.74) is 6.45. The SMILES string of the molecule is Clc1cccc(Nc2cc3c4c(c2)[C@@H]2CNC[C@@H]2CN4CCC3)c1Cl. The van der Waals surface area contributed by atoms with Crippen molar-refractivity contribution in [1.82, 2.24) is 5.32 Å². The Morgan fingerprint density at radius 1 is 1.16 bits per heavy atom. The molecule has 130 valence electrons. The molecule has 2 N–H and O–H groups in total. The van der Waals surface area contributed by atoms with E-state index in [1.165, 1.54) is 36.3 Å². The molecule has 1 saturated heterocycles. The molecule has 0 aliphatic carbocycles. The van der Waals surface area contributed by atoms with Crippen molar-refractivity contribution in [2.75, 3.05) is 36.4 Å². The molecular formula is C20H21Cl2N3. The fourth-order valence-electron chi connectivity index (χ4n) is 4.73. The summed E-state index contributed by atoms with van der Waals surface area (Å²) in [4.78, 5) is 2.61. The van der Waals surface area contributed by atoms with Crippen LogP contribution < -0.4 is 15.5 Å². The Bertz CT molecular complexity index is 836. The molecule has 1 fully saturated rings. The Hall–Kier alpha value is -1.42. The molecule has 0 aromatic heterocycles. The van der Waals surface area contributed by atoms with Crippen LogP contribution in [-0.2, 0) is 6.42 Å². The summed E-state index contributed by atoms with van der Waals surface area (Å²) in [7, 11) is 0. The smallest absolute Gasteiger partial charge is 0.0827 e. The second-order valence-electron chi connectivity index (χ2n) is 7.37. The van der Waals surface area contributed by atoms with Gasteiger partial charge in [-0.1, -0.05) is 29.3 Å². The van der Waals surface area contributed by atoms with Crippen molar-refractivity contribution in [2.45, 2.75) is 18.8 Å². The first-order valence-electron chi connectivity index (χ1n) is 9.04. The lowest BCUT2D eigenvalue weighted by atomic mass is 9.80. The molecule has 3 heterocycles. The van der Waals surface area contributed by atoms with Gasteiger partial charge in [0.15, 0.2) is 0 Å². The molecular weight excluding hydrogens is 353 g/mol. The molecule has 2 atom stereocenters. The lowest BCUT2D eigenvalue weighted by molar-refractivity contribution is 0.470. The molecule has 25 heavy (non-hydrogen) atoms. The van der Waals surface area contributed by atoms with E-state index in [9.17, 15) is 0 Å². The second-order valence-corrected chi connectivity index (χ2v) is 8.16. The van der Waals surface area contributed by atoms with E-state index in [0.717, 1.165) is 36.8 Å². The van der Waals surface area contributed by atoms with Gasteiger partial charge in [0.25, 0.3) is 0 Å². The number of aryl methyl sites for hydroxylation is 1. The molecule has 0 amide bonds. The molecule has 0 saturated carbocycles. The van der Waals surface area contributed by atoms with Gasteiger partial charge in [0.1, 0.15) is 0 Å². The first-order valence-corrected chi connectivity index (χ1v) is 9.80. The van der Waals surface area contributed by atoms with Crippen LogP contribution in [0.1, 0.15) is 23.5 Å². The molecule has 3 nitrogen and oxygen atoms in total. The average Bonchev–Trinajstić information content (AvgIpc) is 3.08. The van der Waals surface area contributed by atoms with Crippen LogP contribution in [0.15, 0.2) is 30.3 Å². The maximum atomic E-state index is 6.37. The van der Waals surface area contributed by atoms with E-state index in [-0.39, 0.29) is 0 Å². The molecule has 2 aromatic carbocycles. The molecule has 5 heteroatoms. The normalized spacial score (nSPS) is 24.0. The summed E-state index contributed by atoms with van der Waals surface area (Å²) in [5, 5.41) is 8.25. The lowest BCUT2D eigenvalue weighted by Gasteiger charge is -2.42. The van der Waals surface area contributed by atoms with Crippen molar-refractivity contribution in [3.63, 3.8) is 0 Å². The van der Waals surface area contributed by atoms with Crippen LogP contribution in [-0.4, -0.2) is 26.2 Å². The second kappa shape index (κ2) is 6.08. The summed E-state index contributed by atoms with van der Waals surface area (Å²) in [6.45, 7) is 4.61. The zero-order chi connectivity index (χ0) is 17.0. The van der Waals surface area contributed by atoms with Crippen LogP contribution in [0.4, 0.5) is 17.1 Å². The van der Waals surface area contributed by atoms with Gasteiger partial charge >= 0.3 is 0 Å². The van der Waals surface area contributed by atoms with E-state index in [2.05, 4.69) is 27.7 Å². The van der Waals surface area contributed by atoms with E-state index in [1.807, 2.05) is 18.2 Å². The summed E-state index contributed by atoms with van der Waals surface area (Å²) >= 11 is 12.5. The molecule has 0 unspecified atom stereocenters. The largest absolute Gasteiger partial charge is 0.371 e. The van der Waals surface area contributed by atoms with Crippen molar-refractivity contribution < 1.29 is 0 Å². The number of nitrogens with zero attached hydrogens (tertiary/aromatic N) is 1. The first kappa shape index (κ1) is 15.8. The molecule has 2 aromatic rings. The van der Waals surface area contributed by atoms with Crippen molar-refractivity contribution in [3.8, 4) is 0 Å². The van der Waals surface area contributed by atoms with Crippen LogP contribution in [0.3, 0.4) is 0 Å². The Morgan fingerprint density at radius 2 is 2.08 bits per heavy atom. The van der Waals surface area contributed by atoms with Gasteiger partial charge < -0.3 is 15.5 Å². The van der Waals surface area contributed by atoms with Crippen LogP contribution >= 0.6 is 23.2 Å². The van der Waals surface area contributed by atoms with Gasteiger partial charge in [0, 0.05) is 43.5 Å². The van der Waals surface area contributed by atoms with Crippen LogP contribution in [0.25, 0.3) is 0 Å². The Kier molecular flexibility index (Phi) is 3.85. The monoisotopic (exact) mass is 373 g/mol. The number of hydrogen-bond acceptors (Lipinski definition) is 3. The Labute approximate surface area is 158 Å². The van der Waals surface area contributed by atoms with Gasteiger partial charge in [-0.2, -0.15) is 0 Å². The summed E-state index contributed by atoms with van der Waals surface area (Å²) in [6.07, 6.45) is 2.39. The number of halogens is 2. The van der Waals surface area contributed by atoms with Crippen molar-refractivity contribution in [2.24, 2.45) is 5.92 Å². The molecule has 0 radical (unpaired) electrons. The van der Waals surface area contributed by atoms with E-state index < -0.39 is 0 Å². The topological polar surface area (TPSA) is 27.3 Å². The van der Waals surface area contributed by atoms with Gasteiger partial charge in [-0.05, 0) is 54.2 Å². The number of benzene rings is 2. The minimum absolute atomic E-state index is 0.581. The maximum Gasteiger partial charge on any atom is 0.0827 e. The highest BCUT2D eigenvalue weighted by Crippen LogP contribution is 2.46. The van der Waals surface area contributed by atoms with Gasteiger partial charge in [-0.25, -0.2) is 0 Å². The zero-order valence-electron chi connectivity index (χ0n) is 14.0. The third-order valence-electron chi connectivity index (χ3n) is 5.83. The molecule has 3 aliphatic rings. The van der Waals surface area contributed by atoms with Crippen LogP contribution in [0.5, 0.6) is 0 Å². The van der Waals surface area contributed by atoms with Gasteiger partial charge in [0.2, 0.25) is 0 Å². The molecule has 0 bridgehead atoms. The number of anilines is 3. The van der Waals surface area contributed by atoms with Gasteiger partial charge in [-0.15, -0.1) is 0 Å². The summed E-state index contributed by atoms with van der Waals surface area (Å²) in [5.74, 6) is 1.35. The van der Waals surface area contributed by atoms with E-state index in [4.69, 9.17) is 23.2 Å². The number of nitrogens with one attached hydrogen (secondary N) is 2. The molecule has 5 rings (SSSR count). The fourth-order valence-corrected chi connectivity index (χ4v) is 5.08. The van der Waals surface area contributed by atoms with Gasteiger partial charge in [0.05, 0.1) is 15.7 Å². The average molecular weight is 374 g/mol. The third kappa shape index (κ3) is 2.61. The van der Waals surface area contributed by atoms with Crippen molar-refractivity contribution in [3.05, 3.63) is 51.5 Å². The van der Waals surface area contributed by atoms with E-state index >= 15 is 0 Å². The predicted octanol–water partition coefficient (Wildman–Crippen LogP) is 4.81. The Balaban J connectivity index is 1.58. The highest BCUT2D eigenvalue weighted by atomic mass is 35.5. The highest BCUT2D eigenvalue weighted by molar-refractivity contribution is 6.43. The predicted molar refractivity (Wildman–Crippen MR) is 106 cm³/mol. The quantitative estimate of drug-likeness (QED) is 0.790. The van der Waals surface area contributed by atoms with Crippen LogP contribution in [0.2, 0.25) is 10.0 Å². The van der Waals surface area contributed by atoms with Crippen molar-refractivity contribution in [1.29, 1.82) is 0 Å². The third-order valence-corrected chi connectivity index (χ3v) is 6.65. The van der Waals surface area contributed by atoms with E-state index in [1.54, 1.807) is 0 Å². The molecule has 0 spiro atoms. The zero-order valence-corrected chi connectivity index (χ0v) is 15.5. The molecule has 3 aliphatic heterocycles. The number of rotatable bonds is 2. The summed E-state index contributed by atoms with van der Waals surface area (Å²) < 4.78 is 0. The lowest BCUT2D eigenvalue weighted by Crippen LogP contribution is -2.41. The highest BCUT2D eigenvalue weighted by Gasteiger charge is 2.38. The van der Waals surface area contributed by atoms with Gasteiger partial charge in [-0.3, -0.25) is 0 Å². The van der Waals surface area contributed by atoms with E-state index in [0.29, 0.717) is 16.0 Å². The number of hydrogen-bond donors (Lipinski definition) is 2. The first-order chi connectivity index (χ1) is 12.2. The standard InChI is InChI=1S/C20H21Cl2N3/c21-17-4-1-5-18(19(17)22)24-14-7-12-3-2-6-25-11-13-9-23-10-16(13)15(8-14)20(12)25/h1,4-5,7-8,13,16,23-24H,2-3,6,9-11H2/t13-,16-/m1/s1. The minimum atomic E-state index is 0.581.